The zero-order valence-electron chi connectivity index (χ0n) is 10.5. The highest BCUT2D eigenvalue weighted by atomic mass is 35.5. The van der Waals surface area contributed by atoms with E-state index in [9.17, 15) is 16.8 Å². The lowest BCUT2D eigenvalue weighted by Gasteiger charge is -2.24. The minimum atomic E-state index is -3.74. The molecule has 1 aromatic heterocycles. The van der Waals surface area contributed by atoms with Crippen LogP contribution in [0.5, 0.6) is 0 Å². The quantitative estimate of drug-likeness (QED) is 0.775. The van der Waals surface area contributed by atoms with E-state index in [0.29, 0.717) is 0 Å². The van der Waals surface area contributed by atoms with Gasteiger partial charge in [0, 0.05) is 12.1 Å². The van der Waals surface area contributed by atoms with Gasteiger partial charge in [-0.2, -0.15) is 0 Å². The van der Waals surface area contributed by atoms with Crippen molar-refractivity contribution in [1.29, 1.82) is 0 Å². The van der Waals surface area contributed by atoms with Gasteiger partial charge in [0.05, 0.1) is 12.5 Å². The molecule has 0 aliphatic heterocycles. The second kappa shape index (κ2) is 5.62. The van der Waals surface area contributed by atoms with Crippen molar-refractivity contribution in [1.82, 2.24) is 14.4 Å². The molecule has 0 atom stereocenters. The fourth-order valence-corrected chi connectivity index (χ4v) is 4.87. The number of sulfonamides is 2. The molecule has 0 aliphatic carbocycles. The number of hydrogen-bond donors (Lipinski definition) is 2. The zero-order valence-corrected chi connectivity index (χ0v) is 13.7. The number of aromatic nitrogens is 1. The molecule has 1 aromatic rings. The maximum absolute atomic E-state index is 11.9. The van der Waals surface area contributed by atoms with E-state index in [1.165, 1.54) is 0 Å². The molecule has 0 unspecified atom stereocenters. The van der Waals surface area contributed by atoms with Gasteiger partial charge in [-0.05, 0) is 13.8 Å². The van der Waals surface area contributed by atoms with Gasteiger partial charge in [0.1, 0.15) is 0 Å². The fourth-order valence-electron chi connectivity index (χ4n) is 1.25. The summed E-state index contributed by atoms with van der Waals surface area (Å²) >= 11 is 6.39. The number of rotatable bonds is 6. The lowest BCUT2D eigenvalue weighted by molar-refractivity contribution is 0.446. The lowest BCUT2D eigenvalue weighted by Crippen LogP contribution is -2.50. The Morgan fingerprint density at radius 3 is 2.37 bits per heavy atom. The topological polar surface area (TPSA) is 105 Å². The van der Waals surface area contributed by atoms with Crippen LogP contribution in [0, 0.1) is 0 Å². The molecule has 1 heterocycles. The van der Waals surface area contributed by atoms with Crippen molar-refractivity contribution in [3.05, 3.63) is 10.7 Å². The number of hydrogen-bond acceptors (Lipinski definition) is 6. The van der Waals surface area contributed by atoms with E-state index in [-0.39, 0.29) is 15.2 Å². The molecule has 2 N–H and O–H groups in total. The molecular formula is C8H14ClN3O4S3. The average molecular weight is 348 g/mol. The Morgan fingerprint density at radius 2 is 1.95 bits per heavy atom. The minimum absolute atomic E-state index is 0.0207. The van der Waals surface area contributed by atoms with E-state index in [0.717, 1.165) is 23.8 Å². The van der Waals surface area contributed by atoms with Crippen LogP contribution in [0.1, 0.15) is 13.8 Å². The van der Waals surface area contributed by atoms with Gasteiger partial charge in [-0.3, -0.25) is 0 Å². The van der Waals surface area contributed by atoms with Gasteiger partial charge in [-0.15, -0.1) is 0 Å². The van der Waals surface area contributed by atoms with Crippen LogP contribution in [0.15, 0.2) is 10.4 Å². The van der Waals surface area contributed by atoms with Crippen molar-refractivity contribution in [3.8, 4) is 0 Å². The highest BCUT2D eigenvalue weighted by molar-refractivity contribution is 7.91. The largest absolute Gasteiger partial charge is 0.251 e. The molecule has 110 valence electrons. The third kappa shape index (κ3) is 5.71. The molecule has 0 saturated heterocycles. The molecule has 0 aromatic carbocycles. The molecule has 11 heteroatoms. The predicted molar refractivity (Wildman–Crippen MR) is 74.4 cm³/mol. The fraction of sp³-hybridized carbons (Fsp3) is 0.625. The maximum Gasteiger partial charge on any atom is 0.251 e. The molecule has 1 rings (SSSR count). The molecule has 0 fully saturated rings. The third-order valence-corrected chi connectivity index (χ3v) is 5.79. The van der Waals surface area contributed by atoms with Gasteiger partial charge in [0.15, 0.2) is 8.68 Å². The van der Waals surface area contributed by atoms with Crippen molar-refractivity contribution >= 4 is 43.0 Å². The van der Waals surface area contributed by atoms with E-state index in [2.05, 4.69) is 14.4 Å². The maximum atomic E-state index is 11.9. The first-order valence-electron chi connectivity index (χ1n) is 5.01. The number of nitrogens with zero attached hydrogens (tertiary/aromatic N) is 1. The van der Waals surface area contributed by atoms with Crippen molar-refractivity contribution < 1.29 is 16.8 Å². The predicted octanol–water partition coefficient (Wildman–Crippen LogP) is 0.403. The Bertz CT molecular complexity index is 651. The van der Waals surface area contributed by atoms with Crippen molar-refractivity contribution in [2.24, 2.45) is 0 Å². The first-order valence-corrected chi connectivity index (χ1v) is 9.58. The SMILES string of the molecule is CC(C)(CNS(=O)(=O)c1cnc(Cl)s1)NS(C)(=O)=O. The summed E-state index contributed by atoms with van der Waals surface area (Å²) in [6.45, 7) is 3.03. The Kier molecular flexibility index (Phi) is 4.97. The van der Waals surface area contributed by atoms with Crippen molar-refractivity contribution in [2.45, 2.75) is 23.6 Å². The molecule has 7 nitrogen and oxygen atoms in total. The summed E-state index contributed by atoms with van der Waals surface area (Å²) in [4.78, 5) is 3.64. The third-order valence-electron chi connectivity index (χ3n) is 1.89. The van der Waals surface area contributed by atoms with E-state index in [4.69, 9.17) is 11.6 Å². The van der Waals surface area contributed by atoms with Crippen LogP contribution in [0.2, 0.25) is 4.47 Å². The summed E-state index contributed by atoms with van der Waals surface area (Å²) in [5.74, 6) is 0. The zero-order chi connectivity index (χ0) is 14.9. The van der Waals surface area contributed by atoms with Gasteiger partial charge in [0.2, 0.25) is 10.0 Å². The van der Waals surface area contributed by atoms with Gasteiger partial charge < -0.3 is 0 Å². The molecule has 0 radical (unpaired) electrons. The van der Waals surface area contributed by atoms with E-state index >= 15 is 0 Å². The first kappa shape index (κ1) is 16.8. The van der Waals surface area contributed by atoms with E-state index < -0.39 is 25.6 Å². The van der Waals surface area contributed by atoms with Crippen LogP contribution >= 0.6 is 22.9 Å². The summed E-state index contributed by atoms with van der Waals surface area (Å²) in [5.41, 5.74) is -0.949. The van der Waals surface area contributed by atoms with Crippen LogP contribution < -0.4 is 9.44 Å². The van der Waals surface area contributed by atoms with Crippen LogP contribution in [0.3, 0.4) is 0 Å². The Hall–Kier alpha value is -0.260. The van der Waals surface area contributed by atoms with Crippen LogP contribution in [0.25, 0.3) is 0 Å². The van der Waals surface area contributed by atoms with Gasteiger partial charge in [-0.1, -0.05) is 22.9 Å². The Labute approximate surface area is 121 Å². The van der Waals surface area contributed by atoms with Crippen LogP contribution in [0.4, 0.5) is 0 Å². The Morgan fingerprint density at radius 1 is 1.37 bits per heavy atom. The number of halogens is 1. The van der Waals surface area contributed by atoms with Gasteiger partial charge >= 0.3 is 0 Å². The number of thiazole rings is 1. The van der Waals surface area contributed by atoms with Crippen molar-refractivity contribution in [2.75, 3.05) is 12.8 Å². The molecule has 0 spiro atoms. The average Bonchev–Trinajstić information content (AvgIpc) is 2.59. The summed E-state index contributed by atoms with van der Waals surface area (Å²) in [7, 11) is -7.17. The van der Waals surface area contributed by atoms with Gasteiger partial charge in [0.25, 0.3) is 10.0 Å². The summed E-state index contributed by atoms with van der Waals surface area (Å²) in [6.07, 6.45) is 2.15. The molecule has 19 heavy (non-hydrogen) atoms. The molecular weight excluding hydrogens is 334 g/mol. The van der Waals surface area contributed by atoms with E-state index in [1.54, 1.807) is 13.8 Å². The highest BCUT2D eigenvalue weighted by Crippen LogP contribution is 2.22. The highest BCUT2D eigenvalue weighted by Gasteiger charge is 2.26. The summed E-state index contributed by atoms with van der Waals surface area (Å²) < 4.78 is 50.8. The number of nitrogens with one attached hydrogen (secondary N) is 2. The van der Waals surface area contributed by atoms with Crippen LogP contribution in [-0.4, -0.2) is 40.2 Å². The molecule has 0 saturated carbocycles. The minimum Gasteiger partial charge on any atom is -0.232 e. The first-order chi connectivity index (χ1) is 8.41. The summed E-state index contributed by atoms with van der Waals surface area (Å²) in [6, 6.07) is 0. The Balaban J connectivity index is 2.76. The summed E-state index contributed by atoms with van der Waals surface area (Å²) in [5, 5.41) is 0. The smallest absolute Gasteiger partial charge is 0.232 e. The molecule has 0 bridgehead atoms. The normalized spacial score (nSPS) is 13.7. The van der Waals surface area contributed by atoms with Crippen LogP contribution in [-0.2, 0) is 20.0 Å². The monoisotopic (exact) mass is 347 g/mol. The standard InChI is InChI=1S/C8H14ClN3O4S3/c1-8(2,12-18(3,13)14)5-11-19(15,16)6-4-10-7(9)17-6/h4,11-12H,5H2,1-3H3. The van der Waals surface area contributed by atoms with Gasteiger partial charge in [-0.25, -0.2) is 31.3 Å². The lowest BCUT2D eigenvalue weighted by atomic mass is 10.1. The van der Waals surface area contributed by atoms with E-state index in [1.807, 2.05) is 0 Å². The second-order valence-corrected chi connectivity index (χ2v) is 9.87. The molecule has 0 amide bonds. The van der Waals surface area contributed by atoms with Crippen molar-refractivity contribution in [3.63, 3.8) is 0 Å². The molecule has 0 aliphatic rings. The second-order valence-electron chi connectivity index (χ2n) is 4.51.